The Morgan fingerprint density at radius 3 is 2.22 bits per heavy atom. The summed E-state index contributed by atoms with van der Waals surface area (Å²) in [7, 11) is 0. The van der Waals surface area contributed by atoms with Crippen molar-refractivity contribution in [2.45, 2.75) is 11.8 Å². The molecule has 6 heteroatoms. The maximum absolute atomic E-state index is 13.6. The van der Waals surface area contributed by atoms with E-state index >= 15 is 0 Å². The van der Waals surface area contributed by atoms with E-state index in [0.29, 0.717) is 0 Å². The molecule has 1 heterocycles. The first kappa shape index (κ1) is 13.0. The van der Waals surface area contributed by atoms with Crippen LogP contribution in [0.3, 0.4) is 0 Å². The van der Waals surface area contributed by atoms with Crippen LogP contribution in [0.1, 0.15) is 11.1 Å². The van der Waals surface area contributed by atoms with Crippen LogP contribution in [-0.2, 0) is 5.60 Å². The number of benzene rings is 1. The van der Waals surface area contributed by atoms with Gasteiger partial charge in [0.05, 0.1) is 0 Å². The van der Waals surface area contributed by atoms with E-state index in [4.69, 9.17) is 0 Å². The molecule has 1 atom stereocenters. The van der Waals surface area contributed by atoms with Gasteiger partial charge in [-0.2, -0.15) is 24.5 Å². The zero-order valence-corrected chi connectivity index (χ0v) is 9.73. The molecule has 2 aromatic rings. The SMILES string of the molecule is OC(c1ccsc1)(c1ccccc1F)C(F)(F)F. The van der Waals surface area contributed by atoms with E-state index in [2.05, 4.69) is 0 Å². The van der Waals surface area contributed by atoms with E-state index in [9.17, 15) is 22.7 Å². The number of thiophene rings is 1. The van der Waals surface area contributed by atoms with E-state index in [0.717, 1.165) is 34.9 Å². The lowest BCUT2D eigenvalue weighted by molar-refractivity contribution is -0.249. The van der Waals surface area contributed by atoms with Crippen LogP contribution in [0.4, 0.5) is 17.6 Å². The summed E-state index contributed by atoms with van der Waals surface area (Å²) >= 11 is 1.00. The van der Waals surface area contributed by atoms with Crippen LogP contribution in [0, 0.1) is 5.82 Å². The number of alkyl halides is 3. The third-order valence-electron chi connectivity index (χ3n) is 2.61. The van der Waals surface area contributed by atoms with E-state index in [1.807, 2.05) is 0 Å². The fraction of sp³-hybridized carbons (Fsp3) is 0.167. The summed E-state index contributed by atoms with van der Waals surface area (Å²) in [6.45, 7) is 0. The molecule has 0 spiro atoms. The van der Waals surface area contributed by atoms with Gasteiger partial charge in [-0.15, -0.1) is 0 Å². The second kappa shape index (κ2) is 4.37. The van der Waals surface area contributed by atoms with Crippen LogP contribution in [-0.4, -0.2) is 11.3 Å². The van der Waals surface area contributed by atoms with Crippen molar-refractivity contribution in [2.75, 3.05) is 0 Å². The van der Waals surface area contributed by atoms with Crippen molar-refractivity contribution in [3.8, 4) is 0 Å². The first-order valence-corrected chi connectivity index (χ1v) is 5.88. The van der Waals surface area contributed by atoms with Crippen molar-refractivity contribution < 1.29 is 22.7 Å². The maximum Gasteiger partial charge on any atom is 0.425 e. The highest BCUT2D eigenvalue weighted by Crippen LogP contribution is 2.45. The minimum absolute atomic E-state index is 0.384. The van der Waals surface area contributed by atoms with Gasteiger partial charge in [0, 0.05) is 11.1 Å². The Morgan fingerprint density at radius 2 is 1.72 bits per heavy atom. The lowest BCUT2D eigenvalue weighted by atomic mass is 9.87. The molecule has 0 fully saturated rings. The zero-order valence-electron chi connectivity index (χ0n) is 8.91. The van der Waals surface area contributed by atoms with Gasteiger partial charge in [-0.3, -0.25) is 0 Å². The molecule has 0 saturated heterocycles. The monoisotopic (exact) mass is 276 g/mol. The second-order valence-corrected chi connectivity index (χ2v) is 4.48. The standard InChI is InChI=1S/C12H8F4OS/c13-10-4-2-1-3-9(10)11(17,12(14,15)16)8-5-6-18-7-8/h1-7,17H. The van der Waals surface area contributed by atoms with Gasteiger partial charge in [-0.1, -0.05) is 18.2 Å². The van der Waals surface area contributed by atoms with Crippen LogP contribution in [0.5, 0.6) is 0 Å². The van der Waals surface area contributed by atoms with E-state index < -0.39 is 23.2 Å². The van der Waals surface area contributed by atoms with Crippen molar-refractivity contribution in [2.24, 2.45) is 0 Å². The summed E-state index contributed by atoms with van der Waals surface area (Å²) in [6.07, 6.45) is -5.00. The molecule has 0 aliphatic heterocycles. The van der Waals surface area contributed by atoms with Crippen molar-refractivity contribution in [3.05, 3.63) is 58.0 Å². The lowest BCUT2D eigenvalue weighted by Crippen LogP contribution is -2.43. The van der Waals surface area contributed by atoms with Crippen molar-refractivity contribution >= 4 is 11.3 Å². The predicted molar refractivity (Wildman–Crippen MR) is 59.8 cm³/mol. The molecule has 1 nitrogen and oxygen atoms in total. The van der Waals surface area contributed by atoms with Gasteiger partial charge in [0.25, 0.3) is 0 Å². The van der Waals surface area contributed by atoms with Gasteiger partial charge in [0.15, 0.2) is 0 Å². The zero-order chi connectivity index (χ0) is 13.4. The molecule has 1 unspecified atom stereocenters. The van der Waals surface area contributed by atoms with Crippen LogP contribution in [0.15, 0.2) is 41.1 Å². The number of halogens is 4. The molecular weight excluding hydrogens is 268 g/mol. The Kier molecular flexibility index (Phi) is 3.16. The topological polar surface area (TPSA) is 20.2 Å². The smallest absolute Gasteiger partial charge is 0.372 e. The summed E-state index contributed by atoms with van der Waals surface area (Å²) in [6, 6.07) is 5.47. The maximum atomic E-state index is 13.6. The second-order valence-electron chi connectivity index (χ2n) is 3.70. The summed E-state index contributed by atoms with van der Waals surface area (Å²) in [5, 5.41) is 12.6. The molecule has 0 radical (unpaired) electrons. The molecule has 0 aliphatic carbocycles. The van der Waals surface area contributed by atoms with Gasteiger partial charge >= 0.3 is 6.18 Å². The molecule has 1 aromatic carbocycles. The minimum atomic E-state index is -5.00. The van der Waals surface area contributed by atoms with Gasteiger partial charge in [-0.05, 0) is 22.9 Å². The minimum Gasteiger partial charge on any atom is -0.372 e. The molecular formula is C12H8F4OS. The highest BCUT2D eigenvalue weighted by atomic mass is 32.1. The summed E-state index contributed by atoms with van der Waals surface area (Å²) in [5.41, 5.74) is -4.50. The van der Waals surface area contributed by atoms with Crippen LogP contribution >= 0.6 is 11.3 Å². The van der Waals surface area contributed by atoms with E-state index in [-0.39, 0.29) is 5.56 Å². The van der Waals surface area contributed by atoms with Crippen molar-refractivity contribution in [3.63, 3.8) is 0 Å². The molecule has 0 saturated carbocycles. The third-order valence-corrected chi connectivity index (χ3v) is 3.30. The van der Waals surface area contributed by atoms with E-state index in [1.165, 1.54) is 17.5 Å². The van der Waals surface area contributed by atoms with E-state index in [1.54, 1.807) is 0 Å². The largest absolute Gasteiger partial charge is 0.425 e. The molecule has 18 heavy (non-hydrogen) atoms. The number of hydrogen-bond acceptors (Lipinski definition) is 2. The Hall–Kier alpha value is -1.40. The summed E-state index contributed by atoms with van der Waals surface area (Å²) in [5.74, 6) is -1.09. The molecule has 0 amide bonds. The Bertz CT molecular complexity index is 535. The quantitative estimate of drug-likeness (QED) is 0.829. The molecule has 1 aromatic heterocycles. The number of rotatable bonds is 2. The fourth-order valence-electron chi connectivity index (χ4n) is 1.70. The average molecular weight is 276 g/mol. The Balaban J connectivity index is 2.69. The Labute approximate surface area is 104 Å². The first-order chi connectivity index (χ1) is 8.37. The molecule has 1 N–H and O–H groups in total. The van der Waals surface area contributed by atoms with Crippen LogP contribution < -0.4 is 0 Å². The van der Waals surface area contributed by atoms with Crippen LogP contribution in [0.25, 0.3) is 0 Å². The Morgan fingerprint density at radius 1 is 1.06 bits per heavy atom. The lowest BCUT2D eigenvalue weighted by Gasteiger charge is -2.30. The molecule has 0 bridgehead atoms. The van der Waals surface area contributed by atoms with Gasteiger partial charge in [0.1, 0.15) is 5.82 Å². The highest BCUT2D eigenvalue weighted by Gasteiger charge is 2.57. The normalized spacial score (nSPS) is 15.4. The average Bonchev–Trinajstić information content (AvgIpc) is 2.80. The number of hydrogen-bond donors (Lipinski definition) is 1. The molecule has 2 rings (SSSR count). The van der Waals surface area contributed by atoms with Gasteiger partial charge < -0.3 is 5.11 Å². The van der Waals surface area contributed by atoms with Crippen LogP contribution in [0.2, 0.25) is 0 Å². The third kappa shape index (κ3) is 1.91. The number of aliphatic hydroxyl groups is 1. The van der Waals surface area contributed by atoms with Crippen molar-refractivity contribution in [1.82, 2.24) is 0 Å². The summed E-state index contributed by atoms with van der Waals surface area (Å²) < 4.78 is 52.9. The van der Waals surface area contributed by atoms with Gasteiger partial charge in [-0.25, -0.2) is 4.39 Å². The predicted octanol–water partition coefficient (Wildman–Crippen LogP) is 3.69. The van der Waals surface area contributed by atoms with Gasteiger partial charge in [0.2, 0.25) is 5.60 Å². The first-order valence-electron chi connectivity index (χ1n) is 4.94. The molecule has 96 valence electrons. The fourth-order valence-corrected chi connectivity index (χ4v) is 2.40. The highest BCUT2D eigenvalue weighted by molar-refractivity contribution is 7.08. The molecule has 0 aliphatic rings. The van der Waals surface area contributed by atoms with Crippen molar-refractivity contribution in [1.29, 1.82) is 0 Å². The summed E-state index contributed by atoms with van der Waals surface area (Å²) in [4.78, 5) is 0.